The minimum atomic E-state index is -0.0890. The summed E-state index contributed by atoms with van der Waals surface area (Å²) in [5, 5.41) is 8.99. The predicted octanol–water partition coefficient (Wildman–Crippen LogP) is 1.92. The molecule has 1 aromatic carbocycles. The van der Waals surface area contributed by atoms with Gasteiger partial charge in [-0.25, -0.2) is 4.39 Å². The van der Waals surface area contributed by atoms with E-state index in [-0.39, 0.29) is 12.4 Å². The van der Waals surface area contributed by atoms with Gasteiger partial charge in [-0.3, -0.25) is 0 Å². The lowest BCUT2D eigenvalue weighted by Gasteiger charge is -2.22. The summed E-state index contributed by atoms with van der Waals surface area (Å²) in [7, 11) is 0. The number of fused-ring (bicyclic) bond motifs is 1. The molecule has 13 heavy (non-hydrogen) atoms. The van der Waals surface area contributed by atoms with E-state index >= 15 is 0 Å². The van der Waals surface area contributed by atoms with Crippen LogP contribution in [0.3, 0.4) is 0 Å². The first-order valence-corrected chi connectivity index (χ1v) is 4.68. The zero-order valence-electron chi connectivity index (χ0n) is 7.46. The molecule has 0 fully saturated rings. The van der Waals surface area contributed by atoms with Crippen LogP contribution < -0.4 is 0 Å². The van der Waals surface area contributed by atoms with Crippen molar-refractivity contribution in [2.24, 2.45) is 5.92 Å². The fraction of sp³-hybridized carbons (Fsp3) is 0.455. The second-order valence-corrected chi connectivity index (χ2v) is 3.67. The van der Waals surface area contributed by atoms with E-state index in [2.05, 4.69) is 0 Å². The molecule has 0 bridgehead atoms. The Bertz CT molecular complexity index is 309. The Morgan fingerprint density at radius 3 is 3.08 bits per heavy atom. The average molecular weight is 180 g/mol. The largest absolute Gasteiger partial charge is 0.396 e. The summed E-state index contributed by atoms with van der Waals surface area (Å²) in [6.45, 7) is 0.218. The molecular formula is C11H13FO. The van der Waals surface area contributed by atoms with E-state index in [0.717, 1.165) is 30.4 Å². The normalized spacial score (nSPS) is 21.2. The standard InChI is InChI=1S/C11H13FO/c12-11-3-1-2-9-6-8(7-13)4-5-10(9)11/h1-3,8,13H,4-7H2. The second-order valence-electron chi connectivity index (χ2n) is 3.67. The molecule has 0 spiro atoms. The summed E-state index contributed by atoms with van der Waals surface area (Å²) in [5.74, 6) is 0.239. The molecule has 0 amide bonds. The predicted molar refractivity (Wildman–Crippen MR) is 49.0 cm³/mol. The summed E-state index contributed by atoms with van der Waals surface area (Å²) in [6, 6.07) is 5.21. The average Bonchev–Trinajstić information content (AvgIpc) is 2.18. The summed E-state index contributed by atoms with van der Waals surface area (Å²) in [5.41, 5.74) is 1.93. The highest BCUT2D eigenvalue weighted by atomic mass is 19.1. The zero-order chi connectivity index (χ0) is 9.26. The SMILES string of the molecule is OCC1CCc2c(F)cccc2C1. The summed E-state index contributed by atoms with van der Waals surface area (Å²) in [4.78, 5) is 0. The minimum absolute atomic E-state index is 0.0890. The van der Waals surface area contributed by atoms with Gasteiger partial charge in [-0.15, -0.1) is 0 Å². The summed E-state index contributed by atoms with van der Waals surface area (Å²) in [6.07, 6.45) is 2.50. The highest BCUT2D eigenvalue weighted by molar-refractivity contribution is 5.31. The van der Waals surface area contributed by atoms with Crippen LogP contribution >= 0.6 is 0 Å². The number of aliphatic hydroxyl groups excluding tert-OH is 1. The Morgan fingerprint density at radius 1 is 1.46 bits per heavy atom. The van der Waals surface area contributed by atoms with Crippen LogP contribution in [0.1, 0.15) is 17.5 Å². The van der Waals surface area contributed by atoms with E-state index in [0.29, 0.717) is 5.92 Å². The lowest BCUT2D eigenvalue weighted by molar-refractivity contribution is 0.212. The minimum Gasteiger partial charge on any atom is -0.396 e. The van der Waals surface area contributed by atoms with Crippen LogP contribution in [0.5, 0.6) is 0 Å². The first-order chi connectivity index (χ1) is 6.31. The fourth-order valence-electron chi connectivity index (χ4n) is 1.99. The molecule has 0 aliphatic heterocycles. The molecule has 1 aliphatic rings. The molecule has 0 heterocycles. The Kier molecular flexibility index (Phi) is 2.32. The van der Waals surface area contributed by atoms with Gasteiger partial charge in [0, 0.05) is 6.61 Å². The van der Waals surface area contributed by atoms with Crippen molar-refractivity contribution in [2.45, 2.75) is 19.3 Å². The third kappa shape index (κ3) is 1.59. The van der Waals surface area contributed by atoms with Crippen LogP contribution in [-0.2, 0) is 12.8 Å². The topological polar surface area (TPSA) is 20.2 Å². The van der Waals surface area contributed by atoms with Crippen molar-refractivity contribution in [3.63, 3.8) is 0 Å². The number of aliphatic hydroxyl groups is 1. The van der Waals surface area contributed by atoms with Gasteiger partial charge in [-0.1, -0.05) is 12.1 Å². The van der Waals surface area contributed by atoms with Crippen LogP contribution in [0, 0.1) is 11.7 Å². The first kappa shape index (κ1) is 8.70. The molecule has 1 N–H and O–H groups in total. The highest BCUT2D eigenvalue weighted by Gasteiger charge is 2.19. The van der Waals surface area contributed by atoms with Crippen molar-refractivity contribution in [3.8, 4) is 0 Å². The smallest absolute Gasteiger partial charge is 0.126 e. The van der Waals surface area contributed by atoms with E-state index < -0.39 is 0 Å². The van der Waals surface area contributed by atoms with Crippen molar-refractivity contribution >= 4 is 0 Å². The highest BCUT2D eigenvalue weighted by Crippen LogP contribution is 2.26. The van der Waals surface area contributed by atoms with Gasteiger partial charge < -0.3 is 5.11 Å². The molecule has 0 saturated carbocycles. The molecule has 1 unspecified atom stereocenters. The summed E-state index contributed by atoms with van der Waals surface area (Å²) < 4.78 is 13.2. The number of rotatable bonds is 1. The van der Waals surface area contributed by atoms with E-state index in [1.54, 1.807) is 6.07 Å². The van der Waals surface area contributed by atoms with Crippen molar-refractivity contribution in [2.75, 3.05) is 6.61 Å². The lowest BCUT2D eigenvalue weighted by Crippen LogP contribution is -2.18. The maximum absolute atomic E-state index is 13.2. The Hall–Kier alpha value is -0.890. The molecule has 1 nitrogen and oxygen atoms in total. The Labute approximate surface area is 77.2 Å². The van der Waals surface area contributed by atoms with Gasteiger partial charge in [0.2, 0.25) is 0 Å². The van der Waals surface area contributed by atoms with Crippen molar-refractivity contribution in [3.05, 3.63) is 35.1 Å². The van der Waals surface area contributed by atoms with Crippen LogP contribution in [-0.4, -0.2) is 11.7 Å². The van der Waals surface area contributed by atoms with E-state index in [9.17, 15) is 4.39 Å². The number of hydrogen-bond acceptors (Lipinski definition) is 1. The molecule has 1 aliphatic carbocycles. The van der Waals surface area contributed by atoms with Crippen LogP contribution in [0.15, 0.2) is 18.2 Å². The van der Waals surface area contributed by atoms with Gasteiger partial charge in [-0.2, -0.15) is 0 Å². The van der Waals surface area contributed by atoms with E-state index in [4.69, 9.17) is 5.11 Å². The molecular weight excluding hydrogens is 167 g/mol. The number of halogens is 1. The zero-order valence-corrected chi connectivity index (χ0v) is 7.46. The van der Waals surface area contributed by atoms with Crippen LogP contribution in [0.2, 0.25) is 0 Å². The second kappa shape index (κ2) is 3.46. The Morgan fingerprint density at radius 2 is 2.31 bits per heavy atom. The maximum Gasteiger partial charge on any atom is 0.126 e. The van der Waals surface area contributed by atoms with Crippen molar-refractivity contribution < 1.29 is 9.50 Å². The third-order valence-corrected chi connectivity index (χ3v) is 2.79. The maximum atomic E-state index is 13.2. The molecule has 0 radical (unpaired) electrons. The third-order valence-electron chi connectivity index (χ3n) is 2.79. The van der Waals surface area contributed by atoms with Crippen molar-refractivity contribution in [1.29, 1.82) is 0 Å². The number of hydrogen-bond donors (Lipinski definition) is 1. The van der Waals surface area contributed by atoms with Gasteiger partial charge in [0.25, 0.3) is 0 Å². The van der Waals surface area contributed by atoms with E-state index in [1.807, 2.05) is 6.07 Å². The van der Waals surface area contributed by atoms with Gasteiger partial charge >= 0.3 is 0 Å². The fourth-order valence-corrected chi connectivity index (χ4v) is 1.99. The molecule has 70 valence electrons. The summed E-state index contributed by atoms with van der Waals surface area (Å²) >= 11 is 0. The van der Waals surface area contributed by atoms with Gasteiger partial charge in [-0.05, 0) is 42.4 Å². The van der Waals surface area contributed by atoms with Gasteiger partial charge in [0.1, 0.15) is 5.82 Å². The molecule has 2 rings (SSSR count). The molecule has 0 aromatic heterocycles. The quantitative estimate of drug-likeness (QED) is 0.700. The first-order valence-electron chi connectivity index (χ1n) is 4.68. The molecule has 0 saturated heterocycles. The van der Waals surface area contributed by atoms with E-state index in [1.165, 1.54) is 6.07 Å². The van der Waals surface area contributed by atoms with Crippen LogP contribution in [0.4, 0.5) is 4.39 Å². The van der Waals surface area contributed by atoms with Crippen LogP contribution in [0.25, 0.3) is 0 Å². The Balaban J connectivity index is 2.31. The number of benzene rings is 1. The van der Waals surface area contributed by atoms with Gasteiger partial charge in [0.15, 0.2) is 0 Å². The molecule has 1 aromatic rings. The monoisotopic (exact) mass is 180 g/mol. The van der Waals surface area contributed by atoms with Crippen molar-refractivity contribution in [1.82, 2.24) is 0 Å². The lowest BCUT2D eigenvalue weighted by atomic mass is 9.84. The van der Waals surface area contributed by atoms with Gasteiger partial charge in [0.05, 0.1) is 0 Å². The molecule has 1 atom stereocenters. The molecule has 2 heteroatoms.